The topological polar surface area (TPSA) is 34.1 Å². The van der Waals surface area contributed by atoms with Gasteiger partial charge in [-0.05, 0) is 38.2 Å². The van der Waals surface area contributed by atoms with E-state index in [4.69, 9.17) is 14.5 Å². The molecule has 4 rings (SSSR count). The molecule has 0 N–H and O–H groups in total. The largest absolute Gasteiger partial charge is 0.476 e. The Morgan fingerprint density at radius 3 is 2.48 bits per heavy atom. The lowest BCUT2D eigenvalue weighted by Crippen LogP contribution is -2.33. The van der Waals surface area contributed by atoms with E-state index in [9.17, 15) is 0 Å². The molecule has 3 nitrogen and oxygen atoms in total. The summed E-state index contributed by atoms with van der Waals surface area (Å²) in [6.45, 7) is 4.93. The number of nitrogens with zero attached hydrogens (tertiary/aromatic N) is 1. The van der Waals surface area contributed by atoms with Gasteiger partial charge in [0.2, 0.25) is 5.90 Å². The SMILES string of the molecule is CC1(C)COC([C@]2(Cc3ccccc3)O[C@@H]2C2CCCCC2)=N1. The summed E-state index contributed by atoms with van der Waals surface area (Å²) in [5.41, 5.74) is 0.876. The Morgan fingerprint density at radius 2 is 1.83 bits per heavy atom. The Labute approximate surface area is 139 Å². The van der Waals surface area contributed by atoms with Crippen molar-refractivity contribution in [3.05, 3.63) is 35.9 Å². The van der Waals surface area contributed by atoms with Gasteiger partial charge < -0.3 is 9.47 Å². The molecular formula is C20H27NO2. The molecule has 23 heavy (non-hydrogen) atoms. The van der Waals surface area contributed by atoms with E-state index in [1.54, 1.807) is 0 Å². The molecule has 0 unspecified atom stereocenters. The van der Waals surface area contributed by atoms with Crippen molar-refractivity contribution in [3.63, 3.8) is 0 Å². The van der Waals surface area contributed by atoms with Crippen LogP contribution in [-0.2, 0) is 15.9 Å². The Balaban J connectivity index is 1.60. The average molecular weight is 313 g/mol. The molecule has 3 aliphatic rings. The fourth-order valence-electron chi connectivity index (χ4n) is 4.20. The minimum absolute atomic E-state index is 0.123. The third kappa shape index (κ3) is 2.91. The van der Waals surface area contributed by atoms with Gasteiger partial charge in [0.15, 0.2) is 5.60 Å². The van der Waals surface area contributed by atoms with Crippen molar-refractivity contribution in [3.8, 4) is 0 Å². The summed E-state index contributed by atoms with van der Waals surface area (Å²) in [5.74, 6) is 1.52. The molecule has 124 valence electrons. The van der Waals surface area contributed by atoms with Crippen LogP contribution in [0.4, 0.5) is 0 Å². The predicted molar refractivity (Wildman–Crippen MR) is 91.8 cm³/mol. The van der Waals surface area contributed by atoms with Crippen LogP contribution >= 0.6 is 0 Å². The molecule has 1 aliphatic carbocycles. The summed E-state index contributed by atoms with van der Waals surface area (Å²) in [6, 6.07) is 10.6. The first-order valence-electron chi connectivity index (χ1n) is 9.04. The maximum absolute atomic E-state index is 6.37. The summed E-state index contributed by atoms with van der Waals surface area (Å²) in [5, 5.41) is 0. The van der Waals surface area contributed by atoms with Crippen LogP contribution in [0.1, 0.15) is 51.5 Å². The second-order valence-electron chi connectivity index (χ2n) is 8.01. The number of hydrogen-bond acceptors (Lipinski definition) is 3. The predicted octanol–water partition coefficient (Wildman–Crippen LogP) is 4.15. The van der Waals surface area contributed by atoms with E-state index in [2.05, 4.69) is 44.2 Å². The fourth-order valence-corrected chi connectivity index (χ4v) is 4.20. The zero-order chi connectivity index (χ0) is 15.9. The molecule has 2 heterocycles. The molecule has 1 aromatic carbocycles. The number of hydrogen-bond donors (Lipinski definition) is 0. The third-order valence-corrected chi connectivity index (χ3v) is 5.46. The van der Waals surface area contributed by atoms with Crippen LogP contribution in [0.25, 0.3) is 0 Å². The van der Waals surface area contributed by atoms with E-state index in [-0.39, 0.29) is 17.2 Å². The summed E-state index contributed by atoms with van der Waals surface area (Å²) in [6.07, 6.45) is 7.80. The minimum Gasteiger partial charge on any atom is -0.476 e. The van der Waals surface area contributed by atoms with Crippen LogP contribution in [0.2, 0.25) is 0 Å². The van der Waals surface area contributed by atoms with E-state index in [1.807, 2.05) is 0 Å². The average Bonchev–Trinajstić information content (AvgIpc) is 3.17. The minimum atomic E-state index is -0.308. The van der Waals surface area contributed by atoms with Gasteiger partial charge in [0.05, 0.1) is 5.54 Å². The Bertz CT molecular complexity index is 589. The van der Waals surface area contributed by atoms with E-state index in [0.29, 0.717) is 12.5 Å². The monoisotopic (exact) mass is 313 g/mol. The highest BCUT2D eigenvalue weighted by molar-refractivity contribution is 5.90. The standard InChI is InChI=1S/C20H27NO2/c1-19(2)14-22-18(21-19)20(13-15-9-5-3-6-10-15)17(23-20)16-11-7-4-8-12-16/h3,5-6,9-10,16-17H,4,7-8,11-14H2,1-2H3/t17-,20-/m1/s1. The molecule has 1 aromatic rings. The molecule has 3 heteroatoms. The number of aliphatic imine (C=N–C) groups is 1. The zero-order valence-corrected chi connectivity index (χ0v) is 14.3. The summed E-state index contributed by atoms with van der Waals surface area (Å²) in [7, 11) is 0. The molecule has 0 spiro atoms. The van der Waals surface area contributed by atoms with Gasteiger partial charge in [-0.15, -0.1) is 0 Å². The van der Waals surface area contributed by atoms with Crippen molar-refractivity contribution >= 4 is 5.90 Å². The van der Waals surface area contributed by atoms with Gasteiger partial charge in [0.25, 0.3) is 0 Å². The van der Waals surface area contributed by atoms with Crippen LogP contribution in [0.5, 0.6) is 0 Å². The van der Waals surface area contributed by atoms with Crippen molar-refractivity contribution in [2.75, 3.05) is 6.61 Å². The Morgan fingerprint density at radius 1 is 1.09 bits per heavy atom. The van der Waals surface area contributed by atoms with Crippen LogP contribution in [-0.4, -0.2) is 29.7 Å². The first-order valence-corrected chi connectivity index (χ1v) is 9.04. The molecule has 1 saturated carbocycles. The summed E-state index contributed by atoms with van der Waals surface area (Å²) in [4.78, 5) is 4.87. The van der Waals surface area contributed by atoms with E-state index in [0.717, 1.165) is 12.3 Å². The molecule has 0 bridgehead atoms. The quantitative estimate of drug-likeness (QED) is 0.782. The molecule has 0 amide bonds. The molecule has 1 saturated heterocycles. The smallest absolute Gasteiger partial charge is 0.220 e. The molecular weight excluding hydrogens is 286 g/mol. The van der Waals surface area contributed by atoms with Gasteiger partial charge in [-0.2, -0.15) is 0 Å². The maximum atomic E-state index is 6.37. The summed E-state index contributed by atoms with van der Waals surface area (Å²) < 4.78 is 12.4. The van der Waals surface area contributed by atoms with Gasteiger partial charge in [0.1, 0.15) is 12.7 Å². The highest BCUT2D eigenvalue weighted by Gasteiger charge is 2.65. The van der Waals surface area contributed by atoms with E-state index in [1.165, 1.54) is 37.7 Å². The second kappa shape index (κ2) is 5.62. The van der Waals surface area contributed by atoms with Crippen LogP contribution in [0.3, 0.4) is 0 Å². The van der Waals surface area contributed by atoms with E-state index < -0.39 is 0 Å². The van der Waals surface area contributed by atoms with Crippen LogP contribution < -0.4 is 0 Å². The molecule has 0 aromatic heterocycles. The second-order valence-corrected chi connectivity index (χ2v) is 8.01. The molecule has 0 radical (unpaired) electrons. The van der Waals surface area contributed by atoms with Gasteiger partial charge >= 0.3 is 0 Å². The molecule has 2 atom stereocenters. The van der Waals surface area contributed by atoms with Crippen molar-refractivity contribution in [1.82, 2.24) is 0 Å². The normalized spacial score (nSPS) is 33.1. The highest BCUT2D eigenvalue weighted by Crippen LogP contribution is 2.50. The van der Waals surface area contributed by atoms with Crippen molar-refractivity contribution in [1.29, 1.82) is 0 Å². The van der Waals surface area contributed by atoms with Gasteiger partial charge in [0, 0.05) is 6.42 Å². The number of benzene rings is 1. The number of ether oxygens (including phenoxy) is 2. The van der Waals surface area contributed by atoms with E-state index >= 15 is 0 Å². The highest BCUT2D eigenvalue weighted by atomic mass is 16.6. The van der Waals surface area contributed by atoms with Gasteiger partial charge in [-0.3, -0.25) is 0 Å². The lowest BCUT2D eigenvalue weighted by molar-refractivity contribution is 0.237. The Hall–Kier alpha value is -1.35. The molecule has 2 fully saturated rings. The fraction of sp³-hybridized carbons (Fsp3) is 0.650. The number of epoxide rings is 1. The molecule has 2 aliphatic heterocycles. The van der Waals surface area contributed by atoms with Crippen LogP contribution in [0.15, 0.2) is 35.3 Å². The van der Waals surface area contributed by atoms with Crippen LogP contribution in [0, 0.1) is 5.92 Å². The zero-order valence-electron chi connectivity index (χ0n) is 14.3. The summed E-state index contributed by atoms with van der Waals surface area (Å²) >= 11 is 0. The van der Waals surface area contributed by atoms with Gasteiger partial charge in [-0.25, -0.2) is 4.99 Å². The first-order chi connectivity index (χ1) is 11.1. The lowest BCUT2D eigenvalue weighted by Gasteiger charge is -2.22. The lowest BCUT2D eigenvalue weighted by atomic mass is 9.81. The maximum Gasteiger partial charge on any atom is 0.220 e. The number of rotatable bonds is 4. The van der Waals surface area contributed by atoms with Gasteiger partial charge in [-0.1, -0.05) is 49.6 Å². The third-order valence-electron chi connectivity index (χ3n) is 5.46. The Kier molecular flexibility index (Phi) is 3.72. The first kappa shape index (κ1) is 15.2. The van der Waals surface area contributed by atoms with Crippen molar-refractivity contribution in [2.24, 2.45) is 10.9 Å². The van der Waals surface area contributed by atoms with Crippen molar-refractivity contribution < 1.29 is 9.47 Å². The van der Waals surface area contributed by atoms with Crippen molar-refractivity contribution in [2.45, 2.75) is 69.6 Å².